The maximum atomic E-state index is 12.3. The van der Waals surface area contributed by atoms with Crippen LogP contribution in [0.15, 0.2) is 30.3 Å². The number of rotatable bonds is 5. The second-order valence-electron chi connectivity index (χ2n) is 8.91. The van der Waals surface area contributed by atoms with Crippen molar-refractivity contribution in [3.8, 4) is 5.69 Å². The molecule has 0 unspecified atom stereocenters. The Labute approximate surface area is 173 Å². The van der Waals surface area contributed by atoms with Gasteiger partial charge in [0, 0.05) is 23.0 Å². The van der Waals surface area contributed by atoms with Gasteiger partial charge in [-0.2, -0.15) is 5.10 Å². The number of aromatic nitrogens is 2. The van der Waals surface area contributed by atoms with Crippen molar-refractivity contribution in [3.63, 3.8) is 0 Å². The van der Waals surface area contributed by atoms with Gasteiger partial charge in [0.25, 0.3) is 5.69 Å². The van der Waals surface area contributed by atoms with E-state index in [1.807, 2.05) is 20.8 Å². The zero-order valence-corrected chi connectivity index (χ0v) is 17.7. The number of hydrogen-bond acceptors (Lipinski definition) is 7. The topological polar surface area (TPSA) is 141 Å². The van der Waals surface area contributed by atoms with Crippen LogP contribution in [0.3, 0.4) is 0 Å². The summed E-state index contributed by atoms with van der Waals surface area (Å²) in [6.07, 6.45) is 1.05. The zero-order chi connectivity index (χ0) is 23.0. The minimum absolute atomic E-state index is 0.0643. The molecule has 0 saturated carbocycles. The van der Waals surface area contributed by atoms with Crippen molar-refractivity contribution in [1.82, 2.24) is 9.78 Å². The van der Waals surface area contributed by atoms with E-state index in [0.717, 1.165) is 22.9 Å². The molecule has 0 amide bonds. The van der Waals surface area contributed by atoms with E-state index in [4.69, 9.17) is 0 Å². The van der Waals surface area contributed by atoms with Crippen molar-refractivity contribution in [2.24, 2.45) is 5.41 Å². The number of allylic oxidation sites excluding steroid dienone is 1. The molecule has 1 aromatic heterocycles. The van der Waals surface area contributed by atoms with Gasteiger partial charge in [-0.25, -0.2) is 4.68 Å². The Kier molecular flexibility index (Phi) is 5.83. The van der Waals surface area contributed by atoms with Crippen LogP contribution in [0, 0.1) is 25.6 Å². The van der Waals surface area contributed by atoms with Crippen LogP contribution in [0.5, 0.6) is 0 Å². The molecule has 0 aliphatic rings. The highest BCUT2D eigenvalue weighted by Gasteiger charge is 2.28. The third kappa shape index (κ3) is 4.70. The number of hydrogen-bond donors (Lipinski definition) is 1. The Morgan fingerprint density at radius 1 is 1.07 bits per heavy atom. The number of nitro groups is 2. The molecule has 0 radical (unpaired) electrons. The number of nitrogens with zero attached hydrogens (tertiary/aromatic N) is 4. The number of ketones is 1. The van der Waals surface area contributed by atoms with Crippen LogP contribution in [-0.4, -0.2) is 30.5 Å². The molecule has 0 aliphatic heterocycles. The molecule has 1 heterocycles. The predicted molar refractivity (Wildman–Crippen MR) is 111 cm³/mol. The van der Waals surface area contributed by atoms with Crippen molar-refractivity contribution >= 4 is 22.9 Å². The van der Waals surface area contributed by atoms with Crippen LogP contribution in [-0.2, 0) is 10.2 Å². The Bertz CT molecular complexity index is 1050. The number of benzene rings is 1. The third-order valence-corrected chi connectivity index (χ3v) is 4.34. The summed E-state index contributed by atoms with van der Waals surface area (Å²) >= 11 is 0. The summed E-state index contributed by atoms with van der Waals surface area (Å²) in [5.74, 6) is -0.756. The fourth-order valence-corrected chi connectivity index (χ4v) is 2.48. The van der Waals surface area contributed by atoms with Crippen molar-refractivity contribution in [2.75, 3.05) is 0 Å². The van der Waals surface area contributed by atoms with Gasteiger partial charge in [-0.15, -0.1) is 0 Å². The average molecular weight is 416 g/mol. The molecule has 1 N–H and O–H groups in total. The molecule has 2 rings (SSSR count). The summed E-state index contributed by atoms with van der Waals surface area (Å²) in [7, 11) is 0. The second kappa shape index (κ2) is 7.69. The van der Waals surface area contributed by atoms with E-state index in [1.165, 1.54) is 12.1 Å². The Hall–Kier alpha value is -3.56. The van der Waals surface area contributed by atoms with Gasteiger partial charge in [0.15, 0.2) is 5.78 Å². The van der Waals surface area contributed by atoms with E-state index >= 15 is 0 Å². The summed E-state index contributed by atoms with van der Waals surface area (Å²) in [5.41, 5.74) is -1.71. The Balaban J connectivity index is 2.79. The number of non-ortho nitro benzene ring substituents is 1. The van der Waals surface area contributed by atoms with Crippen molar-refractivity contribution in [1.29, 1.82) is 0 Å². The second-order valence-corrected chi connectivity index (χ2v) is 8.91. The first-order chi connectivity index (χ1) is 13.6. The van der Waals surface area contributed by atoms with Crippen LogP contribution < -0.4 is 0 Å². The fraction of sp³-hybridized carbons (Fsp3) is 0.400. The molecule has 30 heavy (non-hydrogen) atoms. The van der Waals surface area contributed by atoms with Crippen LogP contribution in [0.4, 0.5) is 11.4 Å². The number of aliphatic hydroxyl groups is 1. The lowest BCUT2D eigenvalue weighted by molar-refractivity contribution is -0.394. The normalized spacial score (nSPS) is 12.7. The van der Waals surface area contributed by atoms with Gasteiger partial charge in [0.05, 0.1) is 21.6 Å². The molecule has 0 spiro atoms. The lowest BCUT2D eigenvalue weighted by Crippen LogP contribution is -2.18. The van der Waals surface area contributed by atoms with Gasteiger partial charge in [-0.1, -0.05) is 41.5 Å². The smallest absolute Gasteiger partial charge is 0.301 e. The molecule has 2 aromatic rings. The molecule has 10 heteroatoms. The molecule has 1 aromatic carbocycles. The highest BCUT2D eigenvalue weighted by Crippen LogP contribution is 2.32. The summed E-state index contributed by atoms with van der Waals surface area (Å²) in [4.78, 5) is 33.4. The van der Waals surface area contributed by atoms with Crippen LogP contribution >= 0.6 is 0 Å². The van der Waals surface area contributed by atoms with Crippen molar-refractivity contribution in [3.05, 3.63) is 62.0 Å². The molecule has 160 valence electrons. The van der Waals surface area contributed by atoms with E-state index in [-0.39, 0.29) is 17.2 Å². The maximum Gasteiger partial charge on any atom is 0.301 e. The van der Waals surface area contributed by atoms with Crippen LogP contribution in [0.1, 0.15) is 52.9 Å². The summed E-state index contributed by atoms with van der Waals surface area (Å²) < 4.78 is 1.13. The lowest BCUT2D eigenvalue weighted by atomic mass is 9.90. The van der Waals surface area contributed by atoms with Gasteiger partial charge in [-0.3, -0.25) is 25.0 Å². The first-order valence-corrected chi connectivity index (χ1v) is 9.12. The minimum atomic E-state index is -0.758. The van der Waals surface area contributed by atoms with E-state index in [1.54, 1.807) is 20.8 Å². The van der Waals surface area contributed by atoms with Crippen molar-refractivity contribution < 1.29 is 19.7 Å². The minimum Gasteiger partial charge on any atom is -0.506 e. The number of aliphatic hydroxyl groups excluding tert-OH is 1. The van der Waals surface area contributed by atoms with E-state index in [9.17, 15) is 30.1 Å². The first-order valence-electron chi connectivity index (χ1n) is 9.12. The Morgan fingerprint density at radius 2 is 1.67 bits per heavy atom. The fourth-order valence-electron chi connectivity index (χ4n) is 2.48. The molecule has 0 bridgehead atoms. The number of carbonyl (C=O) groups excluding carboxylic acids is 1. The SMILES string of the molecule is CC(C)(C)C(=O)/C=C(\O)c1cc(C(C)(C)C)nn1-c1ccc([N+](=O)[O-])cc1[N+](=O)[O-]. The molecule has 0 aliphatic carbocycles. The summed E-state index contributed by atoms with van der Waals surface area (Å²) in [5, 5.41) is 37.6. The molecular formula is C20H24N4O6. The molecule has 0 atom stereocenters. The predicted octanol–water partition coefficient (Wildman–Crippen LogP) is 4.50. The zero-order valence-electron chi connectivity index (χ0n) is 17.7. The van der Waals surface area contributed by atoms with Gasteiger partial charge >= 0.3 is 5.69 Å². The largest absolute Gasteiger partial charge is 0.506 e. The Morgan fingerprint density at radius 3 is 2.13 bits per heavy atom. The highest BCUT2D eigenvalue weighted by atomic mass is 16.6. The van der Waals surface area contributed by atoms with Crippen LogP contribution in [0.2, 0.25) is 0 Å². The van der Waals surface area contributed by atoms with E-state index < -0.39 is 37.8 Å². The van der Waals surface area contributed by atoms with Gasteiger partial charge in [0.2, 0.25) is 0 Å². The van der Waals surface area contributed by atoms with E-state index in [0.29, 0.717) is 5.69 Å². The number of carbonyl (C=O) groups is 1. The van der Waals surface area contributed by atoms with E-state index in [2.05, 4.69) is 5.10 Å². The molecule has 0 saturated heterocycles. The molecular weight excluding hydrogens is 392 g/mol. The first kappa shape index (κ1) is 22.7. The summed E-state index contributed by atoms with van der Waals surface area (Å²) in [6.45, 7) is 10.7. The standard InChI is InChI=1S/C20H24N4O6/c1-19(2,3)17-10-15(16(25)11-18(26)20(4,5)6)22(21-17)13-8-7-12(23(27)28)9-14(13)24(29)30/h7-11,25H,1-6H3/b16-11-. The van der Waals surface area contributed by atoms with Gasteiger partial charge in [-0.05, 0) is 12.1 Å². The maximum absolute atomic E-state index is 12.3. The van der Waals surface area contributed by atoms with Crippen molar-refractivity contribution in [2.45, 2.75) is 47.0 Å². The monoisotopic (exact) mass is 416 g/mol. The summed E-state index contributed by atoms with van der Waals surface area (Å²) in [6, 6.07) is 4.68. The number of nitro benzene ring substituents is 2. The average Bonchev–Trinajstić information content (AvgIpc) is 3.05. The quantitative estimate of drug-likeness (QED) is 0.327. The van der Waals surface area contributed by atoms with Crippen LogP contribution in [0.25, 0.3) is 11.4 Å². The third-order valence-electron chi connectivity index (χ3n) is 4.34. The molecule has 0 fully saturated rings. The lowest BCUT2D eigenvalue weighted by Gasteiger charge is -2.14. The highest BCUT2D eigenvalue weighted by molar-refractivity contribution is 5.98. The van der Waals surface area contributed by atoms with Gasteiger partial charge in [0.1, 0.15) is 17.1 Å². The molecule has 10 nitrogen and oxygen atoms in total. The van der Waals surface area contributed by atoms with Gasteiger partial charge < -0.3 is 5.11 Å².